The van der Waals surface area contributed by atoms with Gasteiger partial charge in [0.2, 0.25) is 0 Å². The van der Waals surface area contributed by atoms with Crippen LogP contribution in [0.4, 0.5) is 0 Å². The number of rotatable bonds is 4. The average molecular weight is 389 g/mol. The minimum absolute atomic E-state index is 0.172. The number of carbonyl (C=O) groups is 1. The first-order valence-corrected chi connectivity index (χ1v) is 9.90. The molecule has 1 saturated heterocycles. The van der Waals surface area contributed by atoms with Gasteiger partial charge in [0.1, 0.15) is 0 Å². The number of likely N-dealkylation sites (tertiary alicyclic amines) is 1. The quantitative estimate of drug-likeness (QED) is 0.586. The van der Waals surface area contributed by atoms with Crippen molar-refractivity contribution in [3.8, 4) is 0 Å². The monoisotopic (exact) mass is 389 g/mol. The van der Waals surface area contributed by atoms with Crippen LogP contribution in [0.2, 0.25) is 0 Å². The van der Waals surface area contributed by atoms with E-state index >= 15 is 0 Å². The number of aromatic nitrogens is 1. The second-order valence-electron chi connectivity index (χ2n) is 7.49. The molecule has 1 fully saturated rings. The summed E-state index contributed by atoms with van der Waals surface area (Å²) >= 11 is 0. The minimum Gasteiger partial charge on any atom is -0.423 e. The van der Waals surface area contributed by atoms with Crippen LogP contribution in [0.5, 0.6) is 0 Å². The molecule has 4 rings (SSSR count). The SMILES string of the molecule is NCc1cccc(C2CCN(C(=O)c3ccc4cccnc4c3B(O)O)CC2)c1. The molecule has 4 N–H and O–H groups in total. The first-order valence-electron chi connectivity index (χ1n) is 9.90. The Morgan fingerprint density at radius 1 is 1.14 bits per heavy atom. The first-order chi connectivity index (χ1) is 14.1. The number of piperidine rings is 1. The standard InChI is InChI=1S/C22H24BN3O3/c24-14-15-3-1-4-18(13-15)16-8-11-26(12-9-16)22(27)19-7-6-17-5-2-10-25-21(17)20(19)23(28)29/h1-7,10,13,16,28-29H,8-9,11-12,14,24H2. The molecule has 0 unspecified atom stereocenters. The van der Waals surface area contributed by atoms with E-state index in [0.717, 1.165) is 23.8 Å². The van der Waals surface area contributed by atoms with Gasteiger partial charge in [0, 0.05) is 36.9 Å². The van der Waals surface area contributed by atoms with Gasteiger partial charge in [-0.15, -0.1) is 0 Å². The topological polar surface area (TPSA) is 99.7 Å². The van der Waals surface area contributed by atoms with E-state index in [0.29, 0.717) is 36.6 Å². The van der Waals surface area contributed by atoms with E-state index in [1.807, 2.05) is 18.2 Å². The van der Waals surface area contributed by atoms with Crippen LogP contribution in [0.15, 0.2) is 54.7 Å². The number of nitrogens with two attached hydrogens (primary N) is 1. The third-order valence-electron chi connectivity index (χ3n) is 5.74. The van der Waals surface area contributed by atoms with Crippen molar-refractivity contribution >= 4 is 29.4 Å². The van der Waals surface area contributed by atoms with Gasteiger partial charge in [-0.25, -0.2) is 0 Å². The van der Waals surface area contributed by atoms with Gasteiger partial charge < -0.3 is 20.7 Å². The number of fused-ring (bicyclic) bond motifs is 1. The van der Waals surface area contributed by atoms with Crippen LogP contribution >= 0.6 is 0 Å². The lowest BCUT2D eigenvalue weighted by molar-refractivity contribution is 0.0714. The average Bonchev–Trinajstić information content (AvgIpc) is 2.77. The van der Waals surface area contributed by atoms with Crippen LogP contribution in [-0.4, -0.2) is 46.0 Å². The molecule has 2 aromatic carbocycles. The van der Waals surface area contributed by atoms with E-state index in [9.17, 15) is 14.8 Å². The van der Waals surface area contributed by atoms with Gasteiger partial charge >= 0.3 is 7.12 Å². The van der Waals surface area contributed by atoms with Gasteiger partial charge in [0.25, 0.3) is 5.91 Å². The van der Waals surface area contributed by atoms with Crippen molar-refractivity contribution in [1.82, 2.24) is 9.88 Å². The van der Waals surface area contributed by atoms with Crippen molar-refractivity contribution in [3.63, 3.8) is 0 Å². The molecule has 1 aromatic heterocycles. The number of nitrogens with zero attached hydrogens (tertiary/aromatic N) is 2. The van der Waals surface area contributed by atoms with Crippen molar-refractivity contribution in [2.45, 2.75) is 25.3 Å². The summed E-state index contributed by atoms with van der Waals surface area (Å²) in [7, 11) is -1.76. The summed E-state index contributed by atoms with van der Waals surface area (Å²) in [6.07, 6.45) is 3.31. The Balaban J connectivity index is 1.55. The molecule has 0 spiro atoms. The molecule has 2 heterocycles. The van der Waals surface area contributed by atoms with Crippen molar-refractivity contribution < 1.29 is 14.8 Å². The maximum Gasteiger partial charge on any atom is 0.491 e. The Bertz CT molecular complexity index is 1030. The molecule has 7 heteroatoms. The Labute approximate surface area is 170 Å². The van der Waals surface area contributed by atoms with Crippen molar-refractivity contribution in [3.05, 3.63) is 71.4 Å². The van der Waals surface area contributed by atoms with Gasteiger partial charge in [-0.1, -0.05) is 36.4 Å². The maximum atomic E-state index is 13.2. The fourth-order valence-corrected chi connectivity index (χ4v) is 4.18. The second kappa shape index (κ2) is 8.33. The number of amides is 1. The fourth-order valence-electron chi connectivity index (χ4n) is 4.18. The summed E-state index contributed by atoms with van der Waals surface area (Å²) in [6, 6.07) is 15.4. The van der Waals surface area contributed by atoms with Crippen LogP contribution in [0.25, 0.3) is 10.9 Å². The van der Waals surface area contributed by atoms with Crippen LogP contribution < -0.4 is 11.2 Å². The molecule has 0 aliphatic carbocycles. The third kappa shape index (κ3) is 3.89. The number of pyridine rings is 1. The zero-order chi connectivity index (χ0) is 20.4. The summed E-state index contributed by atoms with van der Waals surface area (Å²) in [5.41, 5.74) is 9.05. The number of carbonyl (C=O) groups excluding carboxylic acids is 1. The summed E-state index contributed by atoms with van der Waals surface area (Å²) in [4.78, 5) is 19.2. The Morgan fingerprint density at radius 3 is 2.66 bits per heavy atom. The molecule has 0 saturated carbocycles. The van der Waals surface area contributed by atoms with E-state index in [-0.39, 0.29) is 11.4 Å². The Morgan fingerprint density at radius 2 is 1.93 bits per heavy atom. The Kier molecular flexibility index (Phi) is 5.62. The zero-order valence-electron chi connectivity index (χ0n) is 16.2. The largest absolute Gasteiger partial charge is 0.491 e. The minimum atomic E-state index is -1.76. The van der Waals surface area contributed by atoms with Crippen LogP contribution in [0, 0.1) is 0 Å². The highest BCUT2D eigenvalue weighted by atomic mass is 16.4. The summed E-state index contributed by atoms with van der Waals surface area (Å²) in [5, 5.41) is 20.6. The third-order valence-corrected chi connectivity index (χ3v) is 5.74. The molecular formula is C22H24BN3O3. The van der Waals surface area contributed by atoms with E-state index in [4.69, 9.17) is 5.73 Å². The number of benzene rings is 2. The summed E-state index contributed by atoms with van der Waals surface area (Å²) < 4.78 is 0. The normalized spacial score (nSPS) is 14.9. The van der Waals surface area contributed by atoms with Crippen LogP contribution in [-0.2, 0) is 6.54 Å². The maximum absolute atomic E-state index is 13.2. The molecule has 0 bridgehead atoms. The van der Waals surface area contributed by atoms with E-state index in [1.165, 1.54) is 5.56 Å². The zero-order valence-corrected chi connectivity index (χ0v) is 16.2. The van der Waals surface area contributed by atoms with Gasteiger partial charge in [-0.2, -0.15) is 0 Å². The second-order valence-corrected chi connectivity index (χ2v) is 7.49. The summed E-state index contributed by atoms with van der Waals surface area (Å²) in [6.45, 7) is 1.77. The molecule has 1 aliphatic rings. The van der Waals surface area contributed by atoms with Gasteiger partial charge in [0.05, 0.1) is 5.52 Å². The molecule has 3 aromatic rings. The highest BCUT2D eigenvalue weighted by molar-refractivity contribution is 6.63. The van der Waals surface area contributed by atoms with E-state index in [2.05, 4.69) is 17.1 Å². The van der Waals surface area contributed by atoms with Crippen molar-refractivity contribution in [1.29, 1.82) is 0 Å². The molecule has 1 aliphatic heterocycles. The lowest BCUT2D eigenvalue weighted by Gasteiger charge is -2.33. The highest BCUT2D eigenvalue weighted by Gasteiger charge is 2.29. The fraction of sp³-hybridized carbons (Fsp3) is 0.273. The molecule has 29 heavy (non-hydrogen) atoms. The molecule has 0 atom stereocenters. The van der Waals surface area contributed by atoms with E-state index in [1.54, 1.807) is 29.3 Å². The highest BCUT2D eigenvalue weighted by Crippen LogP contribution is 2.29. The molecule has 148 valence electrons. The van der Waals surface area contributed by atoms with Gasteiger partial charge in [-0.05, 0) is 47.4 Å². The van der Waals surface area contributed by atoms with Crippen molar-refractivity contribution in [2.24, 2.45) is 5.73 Å². The lowest BCUT2D eigenvalue weighted by Crippen LogP contribution is -2.43. The van der Waals surface area contributed by atoms with Crippen LogP contribution in [0.1, 0.15) is 40.2 Å². The van der Waals surface area contributed by atoms with Crippen LogP contribution in [0.3, 0.4) is 0 Å². The first kappa shape index (κ1) is 19.6. The van der Waals surface area contributed by atoms with Gasteiger partial charge in [-0.3, -0.25) is 9.78 Å². The molecule has 0 radical (unpaired) electrons. The number of hydrogen-bond acceptors (Lipinski definition) is 5. The predicted molar refractivity (Wildman–Crippen MR) is 114 cm³/mol. The van der Waals surface area contributed by atoms with Gasteiger partial charge in [0.15, 0.2) is 0 Å². The molecular weight excluding hydrogens is 365 g/mol. The predicted octanol–water partition coefficient (Wildman–Crippen LogP) is 1.39. The molecule has 6 nitrogen and oxygen atoms in total. The summed E-state index contributed by atoms with van der Waals surface area (Å²) in [5.74, 6) is 0.210. The van der Waals surface area contributed by atoms with E-state index < -0.39 is 7.12 Å². The van der Waals surface area contributed by atoms with Crippen molar-refractivity contribution in [2.75, 3.05) is 13.1 Å². The number of hydrogen-bond donors (Lipinski definition) is 3. The molecule has 1 amide bonds. The Hall–Kier alpha value is -2.74. The smallest absolute Gasteiger partial charge is 0.423 e. The lowest BCUT2D eigenvalue weighted by atomic mass is 9.75.